The number of rotatable bonds is 5. The van der Waals surface area contributed by atoms with Crippen molar-refractivity contribution < 1.29 is 4.39 Å². The molecular formula is C21H26FN5. The van der Waals surface area contributed by atoms with E-state index in [0.29, 0.717) is 12.1 Å². The number of hydrogen-bond donors (Lipinski definition) is 3. The highest BCUT2D eigenvalue weighted by atomic mass is 19.1. The summed E-state index contributed by atoms with van der Waals surface area (Å²) in [5.74, 6) is -0.338. The highest BCUT2D eigenvalue weighted by Crippen LogP contribution is 2.35. The molecule has 3 aromatic heterocycles. The molecule has 0 bridgehead atoms. The number of aromatic nitrogens is 3. The SMILES string of the molecule is CCCc1cc2c(N[C@H]3CC[C@H](N)CC3)c(-c3ccc(F)cn3)cnc2[nH]1. The fraction of sp³-hybridized carbons (Fsp3) is 0.429. The molecule has 0 aliphatic heterocycles. The lowest BCUT2D eigenvalue weighted by atomic mass is 9.91. The number of nitrogens with one attached hydrogen (secondary N) is 2. The third-order valence-corrected chi connectivity index (χ3v) is 5.36. The second kappa shape index (κ2) is 7.64. The van der Waals surface area contributed by atoms with Crippen molar-refractivity contribution in [2.45, 2.75) is 57.5 Å². The molecule has 4 rings (SSSR count). The lowest BCUT2D eigenvalue weighted by Crippen LogP contribution is -2.33. The molecule has 0 spiro atoms. The Morgan fingerprint density at radius 1 is 1.19 bits per heavy atom. The van der Waals surface area contributed by atoms with Crippen LogP contribution in [-0.2, 0) is 6.42 Å². The van der Waals surface area contributed by atoms with Crippen LogP contribution in [-0.4, -0.2) is 27.0 Å². The molecule has 0 amide bonds. The number of anilines is 1. The number of nitrogens with two attached hydrogens (primary N) is 1. The van der Waals surface area contributed by atoms with Gasteiger partial charge in [0.15, 0.2) is 0 Å². The van der Waals surface area contributed by atoms with Crippen molar-refractivity contribution in [2.24, 2.45) is 5.73 Å². The van der Waals surface area contributed by atoms with Gasteiger partial charge in [-0.15, -0.1) is 0 Å². The van der Waals surface area contributed by atoms with Crippen molar-refractivity contribution in [3.05, 3.63) is 42.1 Å². The van der Waals surface area contributed by atoms with Gasteiger partial charge in [0.05, 0.1) is 17.6 Å². The van der Waals surface area contributed by atoms with Gasteiger partial charge >= 0.3 is 0 Å². The monoisotopic (exact) mass is 367 g/mol. The fourth-order valence-electron chi connectivity index (χ4n) is 3.89. The third kappa shape index (κ3) is 3.81. The van der Waals surface area contributed by atoms with E-state index in [4.69, 9.17) is 5.73 Å². The zero-order valence-corrected chi connectivity index (χ0v) is 15.6. The molecule has 1 saturated carbocycles. The van der Waals surface area contributed by atoms with Crippen molar-refractivity contribution in [2.75, 3.05) is 5.32 Å². The highest BCUT2D eigenvalue weighted by Gasteiger charge is 2.22. The first-order valence-electron chi connectivity index (χ1n) is 9.78. The van der Waals surface area contributed by atoms with Crippen LogP contribution in [0.25, 0.3) is 22.3 Å². The van der Waals surface area contributed by atoms with E-state index in [-0.39, 0.29) is 5.82 Å². The lowest BCUT2D eigenvalue weighted by Gasteiger charge is -2.28. The van der Waals surface area contributed by atoms with Crippen molar-refractivity contribution in [1.29, 1.82) is 0 Å². The van der Waals surface area contributed by atoms with E-state index in [1.54, 1.807) is 6.07 Å². The van der Waals surface area contributed by atoms with Gasteiger partial charge in [-0.3, -0.25) is 4.98 Å². The van der Waals surface area contributed by atoms with Crippen molar-refractivity contribution in [3.63, 3.8) is 0 Å². The number of aryl methyl sites for hydroxylation is 1. The maximum Gasteiger partial charge on any atom is 0.141 e. The van der Waals surface area contributed by atoms with E-state index in [1.807, 2.05) is 6.20 Å². The summed E-state index contributed by atoms with van der Waals surface area (Å²) in [4.78, 5) is 12.3. The van der Waals surface area contributed by atoms with Crippen molar-refractivity contribution in [1.82, 2.24) is 15.0 Å². The molecule has 0 radical (unpaired) electrons. The number of nitrogens with zero attached hydrogens (tertiary/aromatic N) is 2. The molecule has 6 heteroatoms. The maximum absolute atomic E-state index is 13.3. The Labute approximate surface area is 158 Å². The summed E-state index contributed by atoms with van der Waals surface area (Å²) in [5.41, 5.74) is 10.8. The van der Waals surface area contributed by atoms with Crippen molar-refractivity contribution >= 4 is 16.7 Å². The van der Waals surface area contributed by atoms with Crippen LogP contribution < -0.4 is 11.1 Å². The summed E-state index contributed by atoms with van der Waals surface area (Å²) >= 11 is 0. The summed E-state index contributed by atoms with van der Waals surface area (Å²) in [7, 11) is 0. The number of pyridine rings is 2. The van der Waals surface area contributed by atoms with E-state index in [2.05, 4.69) is 33.3 Å². The topological polar surface area (TPSA) is 79.6 Å². The van der Waals surface area contributed by atoms with Crippen molar-refractivity contribution in [3.8, 4) is 11.3 Å². The second-order valence-corrected chi connectivity index (χ2v) is 7.47. The molecule has 4 N–H and O–H groups in total. The number of H-pyrrole nitrogens is 1. The molecule has 1 aliphatic rings. The first kappa shape index (κ1) is 17.9. The Morgan fingerprint density at radius 3 is 2.70 bits per heavy atom. The smallest absolute Gasteiger partial charge is 0.141 e. The average molecular weight is 367 g/mol. The number of aromatic amines is 1. The molecule has 3 aromatic rings. The number of halogens is 1. The number of hydrogen-bond acceptors (Lipinski definition) is 4. The first-order chi connectivity index (χ1) is 13.1. The Morgan fingerprint density at radius 2 is 2.00 bits per heavy atom. The van der Waals surface area contributed by atoms with Gasteiger partial charge in [-0.05, 0) is 50.3 Å². The molecule has 3 heterocycles. The minimum Gasteiger partial charge on any atom is -0.381 e. The molecule has 0 atom stereocenters. The van der Waals surface area contributed by atoms with Crippen LogP contribution in [0.1, 0.15) is 44.7 Å². The van der Waals surface area contributed by atoms with Gasteiger partial charge in [-0.2, -0.15) is 0 Å². The van der Waals surface area contributed by atoms with Crippen LogP contribution in [0.3, 0.4) is 0 Å². The predicted octanol–water partition coefficient (Wildman–Crippen LogP) is 4.40. The fourth-order valence-corrected chi connectivity index (χ4v) is 3.89. The molecule has 142 valence electrons. The van der Waals surface area contributed by atoms with E-state index in [1.165, 1.54) is 18.0 Å². The van der Waals surface area contributed by atoms with E-state index in [9.17, 15) is 4.39 Å². The molecule has 0 aromatic carbocycles. The van der Waals surface area contributed by atoms with Crippen LogP contribution in [0.2, 0.25) is 0 Å². The molecule has 5 nitrogen and oxygen atoms in total. The minimum absolute atomic E-state index is 0.308. The van der Waals surface area contributed by atoms with Crippen LogP contribution >= 0.6 is 0 Å². The molecule has 1 fully saturated rings. The van der Waals surface area contributed by atoms with Gasteiger partial charge < -0.3 is 16.0 Å². The van der Waals surface area contributed by atoms with Gasteiger partial charge in [0.2, 0.25) is 0 Å². The zero-order valence-electron chi connectivity index (χ0n) is 15.6. The summed E-state index contributed by atoms with van der Waals surface area (Å²) in [6.45, 7) is 2.16. The minimum atomic E-state index is -0.338. The number of fused-ring (bicyclic) bond motifs is 1. The van der Waals surface area contributed by atoms with Crippen LogP contribution in [0.5, 0.6) is 0 Å². The largest absolute Gasteiger partial charge is 0.381 e. The molecular weight excluding hydrogens is 341 g/mol. The average Bonchev–Trinajstić information content (AvgIpc) is 3.08. The Balaban J connectivity index is 1.77. The molecule has 0 unspecified atom stereocenters. The van der Waals surface area contributed by atoms with E-state index >= 15 is 0 Å². The van der Waals surface area contributed by atoms with Gasteiger partial charge in [0.25, 0.3) is 0 Å². The van der Waals surface area contributed by atoms with Crippen LogP contribution in [0.4, 0.5) is 10.1 Å². The van der Waals surface area contributed by atoms with Gasteiger partial charge in [-0.1, -0.05) is 13.3 Å². The quantitative estimate of drug-likeness (QED) is 0.624. The van der Waals surface area contributed by atoms with E-state index in [0.717, 1.165) is 66.5 Å². The first-order valence-corrected chi connectivity index (χ1v) is 9.78. The third-order valence-electron chi connectivity index (χ3n) is 5.36. The van der Waals surface area contributed by atoms with Crippen LogP contribution in [0.15, 0.2) is 30.6 Å². The maximum atomic E-state index is 13.3. The van der Waals surface area contributed by atoms with E-state index < -0.39 is 0 Å². The van der Waals surface area contributed by atoms with Gasteiger partial charge in [0.1, 0.15) is 11.5 Å². The zero-order chi connectivity index (χ0) is 18.8. The Kier molecular flexibility index (Phi) is 5.07. The second-order valence-electron chi connectivity index (χ2n) is 7.47. The summed E-state index contributed by atoms with van der Waals surface area (Å²) in [5, 5.41) is 4.80. The van der Waals surface area contributed by atoms with Crippen LogP contribution in [0, 0.1) is 5.82 Å². The lowest BCUT2D eigenvalue weighted by molar-refractivity contribution is 0.411. The molecule has 1 aliphatic carbocycles. The summed E-state index contributed by atoms with van der Waals surface area (Å²) in [6, 6.07) is 6.01. The standard InChI is InChI=1S/C21H26FN5/c1-2-3-16-10-17-20(26-15-7-5-14(23)6-8-15)18(12-25-21(17)27-16)19-9-4-13(22)11-24-19/h4,9-12,14-15H,2-3,5-8,23H2,1H3,(H2,25,26,27)/t14-,15-. The summed E-state index contributed by atoms with van der Waals surface area (Å²) < 4.78 is 13.3. The normalized spacial score (nSPS) is 20.1. The molecule has 0 saturated heterocycles. The van der Waals surface area contributed by atoms with Gasteiger partial charge in [-0.25, -0.2) is 9.37 Å². The summed E-state index contributed by atoms with van der Waals surface area (Å²) in [6.07, 6.45) is 9.30. The van der Waals surface area contributed by atoms with Gasteiger partial charge in [0, 0.05) is 34.9 Å². The Hall–Kier alpha value is -2.47. The molecule has 27 heavy (non-hydrogen) atoms. The Bertz CT molecular complexity index is 910. The predicted molar refractivity (Wildman–Crippen MR) is 107 cm³/mol. The highest BCUT2D eigenvalue weighted by molar-refractivity contribution is 5.98.